The summed E-state index contributed by atoms with van der Waals surface area (Å²) in [4.78, 5) is 18.3. The lowest BCUT2D eigenvalue weighted by atomic mass is 9.96. The lowest BCUT2D eigenvalue weighted by molar-refractivity contribution is -0.131. The minimum atomic E-state index is 0.253. The van der Waals surface area contributed by atoms with Crippen molar-refractivity contribution in [2.45, 2.75) is 45.6 Å². The quantitative estimate of drug-likeness (QED) is 0.906. The standard InChI is InChI=1S/C15H23N3O/c1-2-3-12-4-5-15(19)18(9-7-12)11-14-10-13(16)6-8-17-14/h6,8,10,12H,2-5,7,9,11H2,1H3,(H2,16,17). The van der Waals surface area contributed by atoms with Gasteiger partial charge in [-0.1, -0.05) is 19.8 Å². The van der Waals surface area contributed by atoms with E-state index < -0.39 is 0 Å². The number of likely N-dealkylation sites (tertiary alicyclic amines) is 1. The van der Waals surface area contributed by atoms with Gasteiger partial charge in [0.15, 0.2) is 0 Å². The van der Waals surface area contributed by atoms with Crippen LogP contribution in [0.4, 0.5) is 5.69 Å². The molecule has 0 bridgehead atoms. The smallest absolute Gasteiger partial charge is 0.222 e. The van der Waals surface area contributed by atoms with Gasteiger partial charge in [-0.3, -0.25) is 9.78 Å². The molecule has 1 aromatic rings. The van der Waals surface area contributed by atoms with E-state index in [4.69, 9.17) is 5.73 Å². The molecule has 1 fully saturated rings. The molecule has 19 heavy (non-hydrogen) atoms. The number of nitrogens with zero attached hydrogens (tertiary/aromatic N) is 2. The van der Waals surface area contributed by atoms with Crippen molar-refractivity contribution in [3.05, 3.63) is 24.0 Å². The van der Waals surface area contributed by atoms with Crippen LogP contribution in [0, 0.1) is 5.92 Å². The number of nitrogens with two attached hydrogens (primary N) is 1. The maximum Gasteiger partial charge on any atom is 0.222 e. The van der Waals surface area contributed by atoms with E-state index in [0.29, 0.717) is 24.6 Å². The SMILES string of the molecule is CCCC1CCC(=O)N(Cc2cc(N)ccn2)CC1. The fourth-order valence-electron chi connectivity index (χ4n) is 2.74. The number of carbonyl (C=O) groups is 1. The van der Waals surface area contributed by atoms with Gasteiger partial charge in [0.05, 0.1) is 12.2 Å². The summed E-state index contributed by atoms with van der Waals surface area (Å²) in [6.45, 7) is 3.64. The number of amides is 1. The van der Waals surface area contributed by atoms with Crippen molar-refractivity contribution < 1.29 is 4.79 Å². The van der Waals surface area contributed by atoms with Crippen molar-refractivity contribution in [1.82, 2.24) is 9.88 Å². The molecule has 0 spiro atoms. The molecule has 1 aliphatic heterocycles. The van der Waals surface area contributed by atoms with E-state index in [1.165, 1.54) is 12.8 Å². The first-order chi connectivity index (χ1) is 9.19. The molecule has 1 aliphatic rings. The molecule has 1 amide bonds. The molecule has 2 rings (SSSR count). The summed E-state index contributed by atoms with van der Waals surface area (Å²) in [5, 5.41) is 0. The molecule has 1 aromatic heterocycles. The van der Waals surface area contributed by atoms with Crippen LogP contribution in [0.3, 0.4) is 0 Å². The zero-order valence-corrected chi connectivity index (χ0v) is 11.6. The van der Waals surface area contributed by atoms with E-state index in [9.17, 15) is 4.79 Å². The summed E-state index contributed by atoms with van der Waals surface area (Å²) in [5.41, 5.74) is 7.33. The van der Waals surface area contributed by atoms with Gasteiger partial charge in [0.1, 0.15) is 0 Å². The lowest BCUT2D eigenvalue weighted by Gasteiger charge is -2.20. The highest BCUT2D eigenvalue weighted by atomic mass is 16.2. The van der Waals surface area contributed by atoms with Gasteiger partial charge in [-0.25, -0.2) is 0 Å². The molecule has 0 radical (unpaired) electrons. The topological polar surface area (TPSA) is 59.2 Å². The fraction of sp³-hybridized carbons (Fsp3) is 0.600. The Balaban J connectivity index is 1.97. The van der Waals surface area contributed by atoms with E-state index in [-0.39, 0.29) is 5.91 Å². The molecule has 1 atom stereocenters. The average molecular weight is 261 g/mol. The fourth-order valence-corrected chi connectivity index (χ4v) is 2.74. The van der Waals surface area contributed by atoms with Gasteiger partial charge in [-0.15, -0.1) is 0 Å². The van der Waals surface area contributed by atoms with Crippen LogP contribution >= 0.6 is 0 Å². The van der Waals surface area contributed by atoms with E-state index in [2.05, 4.69) is 11.9 Å². The highest BCUT2D eigenvalue weighted by molar-refractivity contribution is 5.76. The highest BCUT2D eigenvalue weighted by Gasteiger charge is 2.22. The van der Waals surface area contributed by atoms with Crippen molar-refractivity contribution in [3.63, 3.8) is 0 Å². The molecule has 4 nitrogen and oxygen atoms in total. The molecule has 0 aromatic carbocycles. The highest BCUT2D eigenvalue weighted by Crippen LogP contribution is 2.23. The van der Waals surface area contributed by atoms with Crippen LogP contribution < -0.4 is 5.73 Å². The number of carbonyl (C=O) groups excluding carboxylic acids is 1. The Morgan fingerprint density at radius 2 is 2.32 bits per heavy atom. The molecular formula is C15H23N3O. The van der Waals surface area contributed by atoms with Crippen LogP contribution in [-0.4, -0.2) is 22.3 Å². The second-order valence-electron chi connectivity index (χ2n) is 5.38. The van der Waals surface area contributed by atoms with E-state index in [1.54, 1.807) is 12.3 Å². The van der Waals surface area contributed by atoms with Gasteiger partial charge in [-0.2, -0.15) is 0 Å². The number of rotatable bonds is 4. The van der Waals surface area contributed by atoms with Gasteiger partial charge in [-0.05, 0) is 30.9 Å². The molecular weight excluding hydrogens is 238 g/mol. The van der Waals surface area contributed by atoms with Crippen LogP contribution in [0.2, 0.25) is 0 Å². The maximum atomic E-state index is 12.1. The Morgan fingerprint density at radius 1 is 1.47 bits per heavy atom. The molecule has 0 saturated carbocycles. The molecule has 0 aliphatic carbocycles. The summed E-state index contributed by atoms with van der Waals surface area (Å²) < 4.78 is 0. The molecule has 1 saturated heterocycles. The Bertz CT molecular complexity index is 433. The van der Waals surface area contributed by atoms with Gasteiger partial charge in [0, 0.05) is 24.8 Å². The number of pyridine rings is 1. The summed E-state index contributed by atoms with van der Waals surface area (Å²) >= 11 is 0. The number of hydrogen-bond donors (Lipinski definition) is 1. The van der Waals surface area contributed by atoms with Gasteiger partial charge >= 0.3 is 0 Å². The van der Waals surface area contributed by atoms with Crippen molar-refractivity contribution in [2.75, 3.05) is 12.3 Å². The summed E-state index contributed by atoms with van der Waals surface area (Å²) in [6, 6.07) is 3.62. The van der Waals surface area contributed by atoms with Crippen LogP contribution in [0.15, 0.2) is 18.3 Å². The maximum absolute atomic E-state index is 12.1. The Morgan fingerprint density at radius 3 is 3.05 bits per heavy atom. The summed E-state index contributed by atoms with van der Waals surface area (Å²) in [6.07, 6.45) is 6.96. The van der Waals surface area contributed by atoms with Crippen molar-refractivity contribution in [1.29, 1.82) is 0 Å². The second-order valence-corrected chi connectivity index (χ2v) is 5.38. The first-order valence-corrected chi connectivity index (χ1v) is 7.17. The van der Waals surface area contributed by atoms with Crippen LogP contribution in [0.25, 0.3) is 0 Å². The van der Waals surface area contributed by atoms with E-state index in [1.807, 2.05) is 11.0 Å². The first kappa shape index (κ1) is 13.8. The lowest BCUT2D eigenvalue weighted by Crippen LogP contribution is -2.30. The van der Waals surface area contributed by atoms with Crippen molar-refractivity contribution in [3.8, 4) is 0 Å². The molecule has 1 unspecified atom stereocenters. The predicted octanol–water partition coefficient (Wildman–Crippen LogP) is 2.59. The number of nitrogen functional groups attached to an aromatic ring is 1. The third-order valence-corrected chi connectivity index (χ3v) is 3.82. The monoisotopic (exact) mass is 261 g/mol. The van der Waals surface area contributed by atoms with Gasteiger partial charge < -0.3 is 10.6 Å². The van der Waals surface area contributed by atoms with Gasteiger partial charge in [0.2, 0.25) is 5.91 Å². The Kier molecular flexibility index (Phi) is 4.77. The van der Waals surface area contributed by atoms with Gasteiger partial charge in [0.25, 0.3) is 0 Å². The average Bonchev–Trinajstić information content (AvgIpc) is 2.55. The zero-order chi connectivity index (χ0) is 13.7. The second kappa shape index (κ2) is 6.55. The van der Waals surface area contributed by atoms with Crippen molar-refractivity contribution in [2.24, 2.45) is 5.92 Å². The minimum Gasteiger partial charge on any atom is -0.399 e. The third-order valence-electron chi connectivity index (χ3n) is 3.82. The number of aromatic nitrogens is 1. The molecule has 2 heterocycles. The number of hydrogen-bond acceptors (Lipinski definition) is 3. The van der Waals surface area contributed by atoms with Crippen LogP contribution in [0.5, 0.6) is 0 Å². The summed E-state index contributed by atoms with van der Waals surface area (Å²) in [5.74, 6) is 0.954. The molecule has 4 heteroatoms. The molecule has 104 valence electrons. The molecule has 2 N–H and O–H groups in total. The van der Waals surface area contributed by atoms with Crippen LogP contribution in [0.1, 0.15) is 44.7 Å². The Hall–Kier alpha value is -1.58. The van der Waals surface area contributed by atoms with Crippen LogP contribution in [-0.2, 0) is 11.3 Å². The van der Waals surface area contributed by atoms with E-state index >= 15 is 0 Å². The number of anilines is 1. The Labute approximate surface area is 115 Å². The summed E-state index contributed by atoms with van der Waals surface area (Å²) in [7, 11) is 0. The van der Waals surface area contributed by atoms with Crippen molar-refractivity contribution >= 4 is 11.6 Å². The van der Waals surface area contributed by atoms with E-state index in [0.717, 1.165) is 25.1 Å². The first-order valence-electron chi connectivity index (χ1n) is 7.17. The predicted molar refractivity (Wildman–Crippen MR) is 76.3 cm³/mol. The largest absolute Gasteiger partial charge is 0.399 e. The third kappa shape index (κ3) is 3.94. The zero-order valence-electron chi connectivity index (χ0n) is 11.6. The minimum absolute atomic E-state index is 0.253. The normalized spacial score (nSPS) is 20.4.